The number of hydrogen-bond acceptors (Lipinski definition) is 5. The van der Waals surface area contributed by atoms with Crippen LogP contribution in [-0.4, -0.2) is 23.4 Å². The van der Waals surface area contributed by atoms with E-state index in [1.807, 2.05) is 17.9 Å². The normalized spacial score (nSPS) is 21.6. The lowest BCUT2D eigenvalue weighted by Gasteiger charge is -2.38. The number of amides is 1. The second kappa shape index (κ2) is 5.79. The van der Waals surface area contributed by atoms with Gasteiger partial charge in [-0.25, -0.2) is 0 Å². The van der Waals surface area contributed by atoms with Gasteiger partial charge in [-0.05, 0) is 31.9 Å². The summed E-state index contributed by atoms with van der Waals surface area (Å²) in [4.78, 5) is 23.8. The molecule has 0 radical (unpaired) electrons. The summed E-state index contributed by atoms with van der Waals surface area (Å²) in [7, 11) is 0. The molecule has 110 valence electrons. The molecule has 21 heavy (non-hydrogen) atoms. The minimum absolute atomic E-state index is 0.0277. The van der Waals surface area contributed by atoms with E-state index in [4.69, 9.17) is 11.0 Å². The second-order valence-electron chi connectivity index (χ2n) is 5.25. The predicted molar refractivity (Wildman–Crippen MR) is 76.5 cm³/mol. The van der Waals surface area contributed by atoms with E-state index in [0.717, 1.165) is 12.8 Å². The Hall–Kier alpha value is -2.62. The van der Waals surface area contributed by atoms with Crippen LogP contribution in [0.15, 0.2) is 18.2 Å². The molecule has 0 aromatic heterocycles. The van der Waals surface area contributed by atoms with E-state index in [9.17, 15) is 14.9 Å². The van der Waals surface area contributed by atoms with Crippen molar-refractivity contribution in [3.05, 3.63) is 33.9 Å². The number of nitriles is 1. The van der Waals surface area contributed by atoms with Crippen LogP contribution in [0, 0.1) is 27.4 Å². The van der Waals surface area contributed by atoms with Crippen molar-refractivity contribution in [2.75, 3.05) is 11.4 Å². The molecule has 7 nitrogen and oxygen atoms in total. The Morgan fingerprint density at radius 1 is 1.52 bits per heavy atom. The second-order valence-corrected chi connectivity index (χ2v) is 5.25. The molecular weight excluding hydrogens is 272 g/mol. The van der Waals surface area contributed by atoms with Crippen molar-refractivity contribution in [2.24, 2.45) is 11.7 Å². The van der Waals surface area contributed by atoms with Gasteiger partial charge < -0.3 is 10.6 Å². The van der Waals surface area contributed by atoms with Gasteiger partial charge in [-0.2, -0.15) is 5.26 Å². The Morgan fingerprint density at radius 3 is 2.81 bits per heavy atom. The van der Waals surface area contributed by atoms with Gasteiger partial charge in [0.05, 0.1) is 10.8 Å². The number of carbonyl (C=O) groups is 1. The quantitative estimate of drug-likeness (QED) is 0.669. The summed E-state index contributed by atoms with van der Waals surface area (Å²) in [6, 6.07) is 6.47. The first-order valence-electron chi connectivity index (χ1n) is 6.68. The molecule has 1 aromatic rings. The van der Waals surface area contributed by atoms with Crippen LogP contribution in [0.5, 0.6) is 0 Å². The number of hydrogen-bond donors (Lipinski definition) is 1. The molecule has 1 fully saturated rings. The van der Waals surface area contributed by atoms with E-state index in [0.29, 0.717) is 12.2 Å². The Morgan fingerprint density at radius 2 is 2.24 bits per heavy atom. The number of nitro groups is 1. The fraction of sp³-hybridized carbons (Fsp3) is 0.429. The maximum Gasteiger partial charge on any atom is 0.289 e. The van der Waals surface area contributed by atoms with Gasteiger partial charge in [0.25, 0.3) is 5.69 Å². The molecule has 2 unspecified atom stereocenters. The molecule has 1 aliphatic heterocycles. The Labute approximate surface area is 122 Å². The average Bonchev–Trinajstić information content (AvgIpc) is 2.46. The molecule has 1 aromatic carbocycles. The van der Waals surface area contributed by atoms with E-state index in [1.165, 1.54) is 12.1 Å². The Balaban J connectivity index is 2.36. The Bertz CT molecular complexity index is 623. The molecule has 2 atom stereocenters. The molecule has 1 aliphatic rings. The number of nitrogens with two attached hydrogens (primary N) is 1. The summed E-state index contributed by atoms with van der Waals surface area (Å²) >= 11 is 0. The largest absolute Gasteiger partial charge is 0.369 e. The summed E-state index contributed by atoms with van der Waals surface area (Å²) in [5.74, 6) is -0.606. The van der Waals surface area contributed by atoms with Crippen LogP contribution < -0.4 is 10.6 Å². The highest BCUT2D eigenvalue weighted by Gasteiger charge is 2.29. The molecule has 7 heteroatoms. The number of primary amides is 1. The topological polar surface area (TPSA) is 113 Å². The van der Waals surface area contributed by atoms with Crippen LogP contribution in [0.2, 0.25) is 0 Å². The van der Waals surface area contributed by atoms with Gasteiger partial charge >= 0.3 is 0 Å². The summed E-state index contributed by atoms with van der Waals surface area (Å²) in [6.45, 7) is 2.45. The summed E-state index contributed by atoms with van der Waals surface area (Å²) in [5.41, 5.74) is 5.81. The van der Waals surface area contributed by atoms with Crippen molar-refractivity contribution in [3.63, 3.8) is 0 Å². The lowest BCUT2D eigenvalue weighted by atomic mass is 9.92. The summed E-state index contributed by atoms with van der Waals surface area (Å²) in [6.07, 6.45) is 1.52. The van der Waals surface area contributed by atoms with E-state index in [2.05, 4.69) is 0 Å². The van der Waals surface area contributed by atoms with Gasteiger partial charge in [0.15, 0.2) is 0 Å². The highest BCUT2D eigenvalue weighted by Crippen LogP contribution is 2.31. The molecule has 1 amide bonds. The fourth-order valence-corrected chi connectivity index (χ4v) is 2.64. The fourth-order valence-electron chi connectivity index (χ4n) is 2.64. The number of benzene rings is 1. The molecule has 1 saturated heterocycles. The molecule has 0 bridgehead atoms. The Kier molecular flexibility index (Phi) is 4.08. The molecule has 0 spiro atoms. The SMILES string of the molecule is CC1CCC(C(N)=O)CN1c1ccc(C#N)c([N+](=O)[O-])c1. The lowest BCUT2D eigenvalue weighted by molar-refractivity contribution is -0.385. The lowest BCUT2D eigenvalue weighted by Crippen LogP contribution is -2.45. The molecule has 2 N–H and O–H groups in total. The zero-order valence-corrected chi connectivity index (χ0v) is 11.7. The maximum absolute atomic E-state index is 11.4. The zero-order chi connectivity index (χ0) is 15.6. The van der Waals surface area contributed by atoms with Gasteiger partial charge in [0.1, 0.15) is 11.6 Å². The minimum atomic E-state index is -0.567. The average molecular weight is 288 g/mol. The van der Waals surface area contributed by atoms with E-state index in [1.54, 1.807) is 6.07 Å². The van der Waals surface area contributed by atoms with Crippen molar-refractivity contribution in [1.82, 2.24) is 0 Å². The molecule has 2 rings (SSSR count). The highest BCUT2D eigenvalue weighted by atomic mass is 16.6. The van der Waals surface area contributed by atoms with Crippen molar-refractivity contribution in [1.29, 1.82) is 5.26 Å². The summed E-state index contributed by atoms with van der Waals surface area (Å²) < 4.78 is 0. The highest BCUT2D eigenvalue weighted by molar-refractivity contribution is 5.78. The number of nitrogens with zero attached hydrogens (tertiary/aromatic N) is 3. The van der Waals surface area contributed by atoms with Crippen LogP contribution in [0.1, 0.15) is 25.3 Å². The van der Waals surface area contributed by atoms with Crippen molar-refractivity contribution < 1.29 is 9.72 Å². The van der Waals surface area contributed by atoms with Gasteiger partial charge in [-0.1, -0.05) is 0 Å². The first-order chi connectivity index (χ1) is 9.93. The zero-order valence-electron chi connectivity index (χ0n) is 11.7. The molecule has 0 aliphatic carbocycles. The van der Waals surface area contributed by atoms with Crippen LogP contribution in [0.25, 0.3) is 0 Å². The van der Waals surface area contributed by atoms with Gasteiger partial charge in [-0.3, -0.25) is 14.9 Å². The third-order valence-electron chi connectivity index (χ3n) is 3.91. The molecular formula is C14H16N4O3. The number of carbonyl (C=O) groups excluding carboxylic acids is 1. The van der Waals surface area contributed by atoms with E-state index in [-0.39, 0.29) is 29.1 Å². The van der Waals surface area contributed by atoms with Gasteiger partial charge in [-0.15, -0.1) is 0 Å². The number of rotatable bonds is 3. The van der Waals surface area contributed by atoms with Crippen molar-refractivity contribution >= 4 is 17.3 Å². The van der Waals surface area contributed by atoms with Crippen LogP contribution in [-0.2, 0) is 4.79 Å². The third kappa shape index (κ3) is 2.94. The number of piperidine rings is 1. The maximum atomic E-state index is 11.4. The predicted octanol–water partition coefficient (Wildman–Crippen LogP) is 1.56. The monoisotopic (exact) mass is 288 g/mol. The van der Waals surface area contributed by atoms with E-state index < -0.39 is 4.92 Å². The first kappa shape index (κ1) is 14.8. The van der Waals surface area contributed by atoms with E-state index >= 15 is 0 Å². The smallest absolute Gasteiger partial charge is 0.289 e. The van der Waals surface area contributed by atoms with Crippen molar-refractivity contribution in [2.45, 2.75) is 25.8 Å². The third-order valence-corrected chi connectivity index (χ3v) is 3.91. The molecule has 0 saturated carbocycles. The van der Waals surface area contributed by atoms with Crippen LogP contribution in [0.4, 0.5) is 11.4 Å². The first-order valence-corrected chi connectivity index (χ1v) is 6.68. The van der Waals surface area contributed by atoms with Gasteiger partial charge in [0.2, 0.25) is 5.91 Å². The van der Waals surface area contributed by atoms with Crippen LogP contribution >= 0.6 is 0 Å². The summed E-state index contributed by atoms with van der Waals surface area (Å²) in [5, 5.41) is 19.9. The van der Waals surface area contributed by atoms with Gasteiger partial charge in [0, 0.05) is 24.3 Å². The number of nitro benzene ring substituents is 1. The van der Waals surface area contributed by atoms with Crippen molar-refractivity contribution in [3.8, 4) is 6.07 Å². The van der Waals surface area contributed by atoms with Crippen LogP contribution in [0.3, 0.4) is 0 Å². The number of anilines is 1. The standard InChI is InChI=1S/C14H16N4O3/c1-9-2-3-11(14(16)19)8-17(9)12-5-4-10(7-15)13(6-12)18(20)21/h4-6,9,11H,2-3,8H2,1H3,(H2,16,19). The minimum Gasteiger partial charge on any atom is -0.369 e. The molecule has 1 heterocycles.